The predicted octanol–water partition coefficient (Wildman–Crippen LogP) is 5.08. The zero-order valence-corrected chi connectivity index (χ0v) is 17.3. The highest BCUT2D eigenvalue weighted by Gasteiger charge is 2.18. The Morgan fingerprint density at radius 3 is 2.35 bits per heavy atom. The molecule has 0 aliphatic rings. The van der Waals surface area contributed by atoms with Gasteiger partial charge in [0.25, 0.3) is 0 Å². The van der Waals surface area contributed by atoms with E-state index in [9.17, 15) is 0 Å². The molecule has 8 nitrogen and oxygen atoms in total. The van der Waals surface area contributed by atoms with Crippen molar-refractivity contribution in [2.75, 3.05) is 10.6 Å². The number of para-hydroxylation sites is 1. The lowest BCUT2D eigenvalue weighted by Gasteiger charge is -2.14. The third kappa shape index (κ3) is 3.71. The first kappa shape index (κ1) is 18.8. The van der Waals surface area contributed by atoms with Crippen LogP contribution in [0.4, 0.5) is 23.1 Å². The molecule has 2 N–H and O–H groups in total. The molecule has 2 aromatic carbocycles. The minimum atomic E-state index is 0.164. The van der Waals surface area contributed by atoms with Gasteiger partial charge in [-0.3, -0.25) is 4.57 Å². The largest absolute Gasteiger partial charge is 0.338 e. The number of aromatic nitrogens is 6. The van der Waals surface area contributed by atoms with Gasteiger partial charge in [0.2, 0.25) is 5.95 Å². The minimum absolute atomic E-state index is 0.164. The van der Waals surface area contributed by atoms with Crippen molar-refractivity contribution >= 4 is 34.3 Å². The second kappa shape index (κ2) is 7.91. The molecule has 8 heteroatoms. The van der Waals surface area contributed by atoms with Gasteiger partial charge in [-0.25, -0.2) is 19.9 Å². The summed E-state index contributed by atoms with van der Waals surface area (Å²) in [6.45, 7) is 4.22. The molecule has 5 aromatic rings. The van der Waals surface area contributed by atoms with Crippen molar-refractivity contribution < 1.29 is 0 Å². The third-order valence-corrected chi connectivity index (χ3v) is 4.96. The molecule has 0 unspecified atom stereocenters. The Hall–Kier alpha value is -4.20. The van der Waals surface area contributed by atoms with Crippen LogP contribution in [-0.2, 0) is 0 Å². The van der Waals surface area contributed by atoms with Crippen molar-refractivity contribution in [1.82, 2.24) is 29.1 Å². The van der Waals surface area contributed by atoms with E-state index < -0.39 is 0 Å². The van der Waals surface area contributed by atoms with Gasteiger partial charge in [0.05, 0.1) is 6.33 Å². The summed E-state index contributed by atoms with van der Waals surface area (Å²) in [6, 6.07) is 18.2. The van der Waals surface area contributed by atoms with Crippen molar-refractivity contribution in [1.29, 1.82) is 0 Å². The third-order valence-electron chi connectivity index (χ3n) is 4.96. The molecule has 31 heavy (non-hydrogen) atoms. The van der Waals surface area contributed by atoms with Crippen molar-refractivity contribution in [3.63, 3.8) is 0 Å². The standard InChI is InChI=1S/C23H22N8/c1-16(2)31-22-20(21(25-14-26-22)27-17-6-4-3-5-7-17)29-23(31)28-18-8-10-19(11-9-18)30-13-12-24-15-30/h3-16H,1-2H3,(H,28,29)(H,25,26,27). The fourth-order valence-corrected chi connectivity index (χ4v) is 3.49. The number of benzene rings is 2. The van der Waals surface area contributed by atoms with E-state index in [1.54, 1.807) is 18.9 Å². The first-order chi connectivity index (χ1) is 15.2. The number of fused-ring (bicyclic) bond motifs is 1. The zero-order valence-electron chi connectivity index (χ0n) is 17.3. The summed E-state index contributed by atoms with van der Waals surface area (Å²) >= 11 is 0. The van der Waals surface area contributed by atoms with Gasteiger partial charge in [0.1, 0.15) is 6.33 Å². The molecule has 3 aromatic heterocycles. The smallest absolute Gasteiger partial charge is 0.210 e. The maximum atomic E-state index is 4.85. The highest BCUT2D eigenvalue weighted by atomic mass is 15.3. The first-order valence-corrected chi connectivity index (χ1v) is 10.1. The Kier molecular flexibility index (Phi) is 4.80. The molecule has 0 bridgehead atoms. The lowest BCUT2D eigenvalue weighted by atomic mass is 10.3. The summed E-state index contributed by atoms with van der Waals surface area (Å²) in [4.78, 5) is 17.9. The van der Waals surface area contributed by atoms with E-state index in [-0.39, 0.29) is 6.04 Å². The van der Waals surface area contributed by atoms with Crippen LogP contribution in [0.1, 0.15) is 19.9 Å². The van der Waals surface area contributed by atoms with E-state index in [0.717, 1.165) is 34.2 Å². The van der Waals surface area contributed by atoms with Crippen LogP contribution in [0.2, 0.25) is 0 Å². The van der Waals surface area contributed by atoms with Gasteiger partial charge in [-0.2, -0.15) is 0 Å². The summed E-state index contributed by atoms with van der Waals surface area (Å²) in [6.07, 6.45) is 7.03. The van der Waals surface area contributed by atoms with Crippen LogP contribution in [0, 0.1) is 0 Å². The summed E-state index contributed by atoms with van der Waals surface area (Å²) in [5.41, 5.74) is 4.43. The maximum Gasteiger partial charge on any atom is 0.210 e. The molecule has 154 valence electrons. The average Bonchev–Trinajstić information content (AvgIpc) is 3.44. The second-order valence-corrected chi connectivity index (χ2v) is 7.43. The van der Waals surface area contributed by atoms with Crippen LogP contribution >= 0.6 is 0 Å². The van der Waals surface area contributed by atoms with Crippen molar-refractivity contribution in [2.45, 2.75) is 19.9 Å². The molecule has 0 atom stereocenters. The topological polar surface area (TPSA) is 85.5 Å². The van der Waals surface area contributed by atoms with E-state index in [1.807, 2.05) is 65.4 Å². The number of imidazole rings is 2. The average molecular weight is 410 g/mol. The van der Waals surface area contributed by atoms with E-state index >= 15 is 0 Å². The Bertz CT molecular complexity index is 1290. The fraction of sp³-hybridized carbons (Fsp3) is 0.130. The monoisotopic (exact) mass is 410 g/mol. The fourth-order valence-electron chi connectivity index (χ4n) is 3.49. The van der Waals surface area contributed by atoms with Gasteiger partial charge < -0.3 is 15.2 Å². The van der Waals surface area contributed by atoms with Gasteiger partial charge in [-0.05, 0) is 50.2 Å². The minimum Gasteiger partial charge on any atom is -0.338 e. The Labute approximate surface area is 179 Å². The quantitative estimate of drug-likeness (QED) is 0.406. The van der Waals surface area contributed by atoms with Crippen molar-refractivity contribution in [3.05, 3.63) is 79.6 Å². The van der Waals surface area contributed by atoms with E-state index in [2.05, 4.69) is 44.0 Å². The van der Waals surface area contributed by atoms with E-state index in [0.29, 0.717) is 5.82 Å². The Balaban J connectivity index is 1.50. The van der Waals surface area contributed by atoms with Crippen LogP contribution < -0.4 is 10.6 Å². The molecular formula is C23H22N8. The second-order valence-electron chi connectivity index (χ2n) is 7.43. The van der Waals surface area contributed by atoms with E-state index in [4.69, 9.17) is 4.98 Å². The number of nitrogens with zero attached hydrogens (tertiary/aromatic N) is 6. The Morgan fingerprint density at radius 1 is 0.871 bits per heavy atom. The van der Waals surface area contributed by atoms with Gasteiger partial charge in [0.15, 0.2) is 17.0 Å². The van der Waals surface area contributed by atoms with Gasteiger partial charge in [-0.15, -0.1) is 0 Å². The lowest BCUT2D eigenvalue weighted by Crippen LogP contribution is -2.07. The van der Waals surface area contributed by atoms with Gasteiger partial charge >= 0.3 is 0 Å². The highest BCUT2D eigenvalue weighted by Crippen LogP contribution is 2.30. The first-order valence-electron chi connectivity index (χ1n) is 10.1. The van der Waals surface area contributed by atoms with E-state index in [1.165, 1.54) is 0 Å². The molecule has 0 amide bonds. The SMILES string of the molecule is CC(C)n1c(Nc2ccc(-n3ccnc3)cc2)nc2c(Nc3ccccc3)ncnc21. The molecule has 0 spiro atoms. The molecule has 5 rings (SSSR count). The predicted molar refractivity (Wildman–Crippen MR) is 122 cm³/mol. The van der Waals surface area contributed by atoms with Crippen LogP contribution in [-0.4, -0.2) is 29.1 Å². The number of rotatable bonds is 6. The number of nitrogens with one attached hydrogen (secondary N) is 2. The maximum absolute atomic E-state index is 4.85. The van der Waals surface area contributed by atoms with Crippen LogP contribution in [0.25, 0.3) is 16.9 Å². The highest BCUT2D eigenvalue weighted by molar-refractivity contribution is 5.87. The molecule has 0 fully saturated rings. The van der Waals surface area contributed by atoms with Crippen LogP contribution in [0.3, 0.4) is 0 Å². The molecule has 3 heterocycles. The van der Waals surface area contributed by atoms with Crippen LogP contribution in [0.5, 0.6) is 0 Å². The molecular weight excluding hydrogens is 388 g/mol. The van der Waals surface area contributed by atoms with Crippen molar-refractivity contribution in [2.24, 2.45) is 0 Å². The lowest BCUT2D eigenvalue weighted by molar-refractivity contribution is 0.620. The van der Waals surface area contributed by atoms with Crippen molar-refractivity contribution in [3.8, 4) is 5.69 Å². The van der Waals surface area contributed by atoms with Crippen LogP contribution in [0.15, 0.2) is 79.6 Å². The zero-order chi connectivity index (χ0) is 21.2. The molecule has 0 saturated carbocycles. The molecule has 0 radical (unpaired) electrons. The summed E-state index contributed by atoms with van der Waals surface area (Å²) in [7, 11) is 0. The van der Waals surface area contributed by atoms with Gasteiger partial charge in [-0.1, -0.05) is 18.2 Å². The molecule has 0 aliphatic carbocycles. The normalized spacial score (nSPS) is 11.2. The Morgan fingerprint density at radius 2 is 1.65 bits per heavy atom. The molecule has 0 saturated heterocycles. The number of hydrogen-bond acceptors (Lipinski definition) is 6. The summed E-state index contributed by atoms with van der Waals surface area (Å²) in [5.74, 6) is 1.39. The van der Waals surface area contributed by atoms with Gasteiger partial charge in [0, 0.05) is 35.5 Å². The summed E-state index contributed by atoms with van der Waals surface area (Å²) < 4.78 is 4.04. The molecule has 0 aliphatic heterocycles. The number of hydrogen-bond donors (Lipinski definition) is 2. The number of anilines is 4. The summed E-state index contributed by atoms with van der Waals surface area (Å²) in [5, 5.41) is 6.79.